The third-order valence-electron chi connectivity index (χ3n) is 0. The predicted molar refractivity (Wildman–Crippen MR) is 36.9 cm³/mol. The Bertz CT molecular complexity index is 15.5. The highest BCUT2D eigenvalue weighted by Crippen LogP contribution is 1.58. The number of halogens is 2. The Morgan fingerprint density at radius 1 is 1.33 bits per heavy atom. The van der Waals surface area contributed by atoms with Crippen LogP contribution in [0.5, 0.6) is 0 Å². The van der Waals surface area contributed by atoms with E-state index in [4.69, 9.17) is 5.73 Å². The predicted octanol–water partition coefficient (Wildman–Crippen LogP) is 1.35. The molecular formula is C3H11BrClN. The fraction of sp³-hybridized carbons (Fsp3) is 1.00. The normalized spacial score (nSPS) is 6.00. The van der Waals surface area contributed by atoms with E-state index in [2.05, 4.69) is 0 Å². The second kappa shape index (κ2) is 9.21. The summed E-state index contributed by atoms with van der Waals surface area (Å²) in [5.74, 6) is 0. The van der Waals surface area contributed by atoms with E-state index in [0.29, 0.717) is 6.04 Å². The van der Waals surface area contributed by atoms with E-state index in [0.717, 1.165) is 0 Å². The van der Waals surface area contributed by atoms with Crippen LogP contribution >= 0.6 is 29.4 Å². The minimum Gasteiger partial charge on any atom is -0.328 e. The summed E-state index contributed by atoms with van der Waals surface area (Å²) in [6.07, 6.45) is 0. The molecule has 0 radical (unpaired) electrons. The summed E-state index contributed by atoms with van der Waals surface area (Å²) in [6.45, 7) is 3.89. The van der Waals surface area contributed by atoms with Gasteiger partial charge in [-0.1, -0.05) is 13.8 Å². The third-order valence-corrected chi connectivity index (χ3v) is 0. The minimum absolute atomic E-state index is 0. The van der Waals surface area contributed by atoms with Crippen molar-refractivity contribution in [2.24, 2.45) is 5.73 Å². The van der Waals surface area contributed by atoms with Crippen LogP contribution in [0.15, 0.2) is 0 Å². The van der Waals surface area contributed by atoms with Gasteiger partial charge in [-0.25, -0.2) is 0 Å². The maximum atomic E-state index is 5.11. The average molecular weight is 176 g/mol. The fourth-order valence-corrected chi connectivity index (χ4v) is 0. The van der Waals surface area contributed by atoms with Crippen molar-refractivity contribution in [3.05, 3.63) is 0 Å². The van der Waals surface area contributed by atoms with E-state index in [1.165, 1.54) is 0 Å². The molecule has 2 N–H and O–H groups in total. The zero-order chi connectivity index (χ0) is 3.58. The van der Waals surface area contributed by atoms with Crippen molar-refractivity contribution in [3.8, 4) is 0 Å². The molecule has 0 aliphatic heterocycles. The molecule has 42 valence electrons. The topological polar surface area (TPSA) is 26.0 Å². The monoisotopic (exact) mass is 175 g/mol. The van der Waals surface area contributed by atoms with E-state index in [-0.39, 0.29) is 29.4 Å². The highest BCUT2D eigenvalue weighted by atomic mass is 79.9. The van der Waals surface area contributed by atoms with Gasteiger partial charge in [-0.15, -0.1) is 29.4 Å². The maximum absolute atomic E-state index is 5.11. The summed E-state index contributed by atoms with van der Waals surface area (Å²) in [4.78, 5) is 0. The Labute approximate surface area is 55.5 Å². The van der Waals surface area contributed by atoms with Crippen molar-refractivity contribution in [2.75, 3.05) is 0 Å². The molecule has 0 atom stereocenters. The zero-order valence-electron chi connectivity index (χ0n) is 3.97. The molecule has 0 saturated heterocycles. The molecule has 1 nitrogen and oxygen atoms in total. The molecule has 0 aliphatic rings. The molecule has 0 aromatic carbocycles. The first-order valence-electron chi connectivity index (χ1n) is 1.49. The summed E-state index contributed by atoms with van der Waals surface area (Å²) in [7, 11) is 0. The van der Waals surface area contributed by atoms with E-state index in [9.17, 15) is 0 Å². The standard InChI is InChI=1S/C3H9N.BrH.ClH/c1-3(2)4;;/h3H,4H2,1-2H3;2*1H. The third kappa shape index (κ3) is 123. The number of hydrogen-bond donors (Lipinski definition) is 1. The van der Waals surface area contributed by atoms with Crippen molar-refractivity contribution in [1.29, 1.82) is 0 Å². The molecule has 0 aliphatic carbocycles. The molecule has 0 aromatic heterocycles. The van der Waals surface area contributed by atoms with Gasteiger partial charge in [0.15, 0.2) is 0 Å². The van der Waals surface area contributed by atoms with Crippen molar-refractivity contribution in [2.45, 2.75) is 19.9 Å². The first-order valence-corrected chi connectivity index (χ1v) is 1.49. The van der Waals surface area contributed by atoms with Crippen LogP contribution in [0.25, 0.3) is 0 Å². The first kappa shape index (κ1) is 15.9. The van der Waals surface area contributed by atoms with Gasteiger partial charge >= 0.3 is 0 Å². The largest absolute Gasteiger partial charge is 0.328 e. The van der Waals surface area contributed by atoms with Gasteiger partial charge in [0.2, 0.25) is 0 Å². The van der Waals surface area contributed by atoms with Gasteiger partial charge in [-0.05, 0) is 6.04 Å². The van der Waals surface area contributed by atoms with Crippen LogP contribution in [0.4, 0.5) is 0 Å². The second-order valence-corrected chi connectivity index (χ2v) is 1.24. The molecule has 6 heavy (non-hydrogen) atoms. The van der Waals surface area contributed by atoms with Crippen LogP contribution in [0, 0.1) is 0 Å². The zero-order valence-corrected chi connectivity index (χ0v) is 6.50. The minimum atomic E-state index is 0. The molecule has 0 aromatic rings. The number of rotatable bonds is 0. The molecule has 0 bridgehead atoms. The lowest BCUT2D eigenvalue weighted by atomic mass is 10.5. The molecule has 0 rings (SSSR count). The highest BCUT2D eigenvalue weighted by Gasteiger charge is 1.67. The maximum Gasteiger partial charge on any atom is -0.00179 e. The van der Waals surface area contributed by atoms with Gasteiger partial charge in [0, 0.05) is 0 Å². The number of nitrogens with two attached hydrogens (primary N) is 1. The van der Waals surface area contributed by atoms with E-state index in [1.807, 2.05) is 13.8 Å². The van der Waals surface area contributed by atoms with Gasteiger partial charge < -0.3 is 5.73 Å². The molecule has 0 amide bonds. The van der Waals surface area contributed by atoms with E-state index >= 15 is 0 Å². The van der Waals surface area contributed by atoms with Crippen LogP contribution in [-0.2, 0) is 0 Å². The molecule has 0 spiro atoms. The fourth-order valence-electron chi connectivity index (χ4n) is 0. The van der Waals surface area contributed by atoms with Gasteiger partial charge in [-0.2, -0.15) is 0 Å². The lowest BCUT2D eigenvalue weighted by Gasteiger charge is -1.81. The Hall–Kier alpha value is 0.730. The van der Waals surface area contributed by atoms with Crippen molar-refractivity contribution >= 4 is 29.4 Å². The molecular weight excluding hydrogens is 165 g/mol. The van der Waals surface area contributed by atoms with Gasteiger partial charge in [-0.3, -0.25) is 0 Å². The Kier molecular flexibility index (Phi) is 24.4. The molecule has 3 heteroatoms. The van der Waals surface area contributed by atoms with Crippen LogP contribution in [0.2, 0.25) is 0 Å². The van der Waals surface area contributed by atoms with Crippen LogP contribution in [0.3, 0.4) is 0 Å². The average Bonchev–Trinajstić information content (AvgIpc) is 0.811. The van der Waals surface area contributed by atoms with Gasteiger partial charge in [0.05, 0.1) is 0 Å². The van der Waals surface area contributed by atoms with Crippen LogP contribution in [0.1, 0.15) is 13.8 Å². The smallest absolute Gasteiger partial charge is 0.00179 e. The molecule has 0 saturated carbocycles. The Morgan fingerprint density at radius 3 is 1.33 bits per heavy atom. The summed E-state index contributed by atoms with van der Waals surface area (Å²) >= 11 is 0. The van der Waals surface area contributed by atoms with E-state index < -0.39 is 0 Å². The van der Waals surface area contributed by atoms with Crippen molar-refractivity contribution < 1.29 is 0 Å². The van der Waals surface area contributed by atoms with Crippen molar-refractivity contribution in [1.82, 2.24) is 0 Å². The second-order valence-electron chi connectivity index (χ2n) is 1.24. The van der Waals surface area contributed by atoms with Crippen LogP contribution in [-0.4, -0.2) is 6.04 Å². The Balaban J connectivity index is -0.0000000450. The number of hydrogen-bond acceptors (Lipinski definition) is 1. The molecule has 0 heterocycles. The summed E-state index contributed by atoms with van der Waals surface area (Å²) in [5.41, 5.74) is 5.11. The lowest BCUT2D eigenvalue weighted by molar-refractivity contribution is 0.834. The Morgan fingerprint density at radius 2 is 1.33 bits per heavy atom. The quantitative estimate of drug-likeness (QED) is 0.593. The first-order chi connectivity index (χ1) is 1.73. The van der Waals surface area contributed by atoms with Gasteiger partial charge in [0.1, 0.15) is 0 Å². The SMILES string of the molecule is Br.CC(C)N.Cl. The summed E-state index contributed by atoms with van der Waals surface area (Å²) in [5, 5.41) is 0. The van der Waals surface area contributed by atoms with Crippen molar-refractivity contribution in [3.63, 3.8) is 0 Å². The van der Waals surface area contributed by atoms with Crippen LogP contribution < -0.4 is 5.73 Å². The summed E-state index contributed by atoms with van der Waals surface area (Å²) < 4.78 is 0. The van der Waals surface area contributed by atoms with E-state index in [1.54, 1.807) is 0 Å². The van der Waals surface area contributed by atoms with Gasteiger partial charge in [0.25, 0.3) is 0 Å². The summed E-state index contributed by atoms with van der Waals surface area (Å²) in [6, 6.07) is 0.333. The lowest BCUT2D eigenvalue weighted by Crippen LogP contribution is -2.06. The molecule has 0 fully saturated rings. The molecule has 0 unspecified atom stereocenters. The highest BCUT2D eigenvalue weighted by molar-refractivity contribution is 8.93.